The number of rotatable bonds is 6. The van der Waals surface area contributed by atoms with Gasteiger partial charge in [0, 0.05) is 44.2 Å². The molecule has 3 aliphatic heterocycles. The quantitative estimate of drug-likeness (QED) is 0.581. The van der Waals surface area contributed by atoms with Crippen molar-refractivity contribution in [2.75, 3.05) is 26.2 Å². The fraction of sp³-hybridized carbons (Fsp3) is 0.571. The molecular formula is C21H28N4O4. The van der Waals surface area contributed by atoms with Crippen molar-refractivity contribution in [2.24, 2.45) is 0 Å². The van der Waals surface area contributed by atoms with Gasteiger partial charge in [-0.2, -0.15) is 0 Å². The molecule has 2 atom stereocenters. The first-order chi connectivity index (χ1) is 14.0. The Morgan fingerprint density at radius 3 is 2.86 bits per heavy atom. The van der Waals surface area contributed by atoms with Gasteiger partial charge in [-0.15, -0.1) is 0 Å². The first kappa shape index (κ1) is 20.0. The van der Waals surface area contributed by atoms with Crippen LogP contribution in [0.4, 0.5) is 0 Å². The van der Waals surface area contributed by atoms with Crippen LogP contribution in [0.25, 0.3) is 0 Å². The van der Waals surface area contributed by atoms with Gasteiger partial charge in [-0.3, -0.25) is 24.6 Å². The van der Waals surface area contributed by atoms with Crippen molar-refractivity contribution in [1.82, 2.24) is 20.4 Å². The monoisotopic (exact) mass is 400 g/mol. The third-order valence-corrected chi connectivity index (χ3v) is 6.04. The number of nitrogens with one attached hydrogen (secondary N) is 2. The highest BCUT2D eigenvalue weighted by Gasteiger charge is 2.39. The van der Waals surface area contributed by atoms with E-state index in [1.807, 2.05) is 12.1 Å². The molecule has 8 heteroatoms. The van der Waals surface area contributed by atoms with Crippen LogP contribution in [0, 0.1) is 0 Å². The summed E-state index contributed by atoms with van der Waals surface area (Å²) in [7, 11) is 0. The molecule has 1 aromatic rings. The Morgan fingerprint density at radius 1 is 1.21 bits per heavy atom. The number of aliphatic hydroxyl groups is 1. The van der Waals surface area contributed by atoms with Crippen molar-refractivity contribution in [1.29, 1.82) is 0 Å². The van der Waals surface area contributed by atoms with E-state index in [1.165, 1.54) is 0 Å². The first-order valence-electron chi connectivity index (χ1n) is 10.4. The van der Waals surface area contributed by atoms with Crippen LogP contribution < -0.4 is 10.6 Å². The van der Waals surface area contributed by atoms with Gasteiger partial charge in [0.1, 0.15) is 6.04 Å². The fourth-order valence-electron chi connectivity index (χ4n) is 4.62. The van der Waals surface area contributed by atoms with Gasteiger partial charge in [0.15, 0.2) is 0 Å². The molecule has 2 fully saturated rings. The van der Waals surface area contributed by atoms with Crippen LogP contribution in [0.5, 0.6) is 0 Å². The number of carbonyl (C=O) groups excluding carboxylic acids is 3. The molecule has 3 N–H and O–H groups in total. The van der Waals surface area contributed by atoms with E-state index >= 15 is 0 Å². The Labute approximate surface area is 170 Å². The van der Waals surface area contributed by atoms with Crippen molar-refractivity contribution in [3.63, 3.8) is 0 Å². The average molecular weight is 400 g/mol. The second-order valence-corrected chi connectivity index (χ2v) is 8.14. The zero-order valence-corrected chi connectivity index (χ0v) is 16.5. The highest BCUT2D eigenvalue weighted by atomic mass is 16.3. The number of fused-ring (bicyclic) bond motifs is 1. The number of amides is 3. The van der Waals surface area contributed by atoms with E-state index in [2.05, 4.69) is 21.6 Å². The average Bonchev–Trinajstić information content (AvgIpc) is 3.02. The lowest BCUT2D eigenvalue weighted by molar-refractivity contribution is -0.136. The van der Waals surface area contributed by atoms with Crippen LogP contribution in [0.2, 0.25) is 0 Å². The summed E-state index contributed by atoms with van der Waals surface area (Å²) >= 11 is 0. The standard InChI is InChI=1S/C21H28N4O4/c26-9-7-22-16-2-1-8-24(13-16)11-14-3-4-17-15(10-14)12-25(21(17)29)18-5-6-19(27)23-20(18)28/h3-4,10,16,18,22,26H,1-2,5-9,11-13H2,(H,23,27,28). The third-order valence-electron chi connectivity index (χ3n) is 6.04. The maximum Gasteiger partial charge on any atom is 0.255 e. The Balaban J connectivity index is 1.41. The molecule has 0 saturated carbocycles. The predicted molar refractivity (Wildman–Crippen MR) is 106 cm³/mol. The van der Waals surface area contributed by atoms with E-state index in [-0.39, 0.29) is 30.7 Å². The summed E-state index contributed by atoms with van der Waals surface area (Å²) in [6, 6.07) is 5.76. The highest BCUT2D eigenvalue weighted by Crippen LogP contribution is 2.28. The van der Waals surface area contributed by atoms with E-state index in [9.17, 15) is 14.4 Å². The van der Waals surface area contributed by atoms with Crippen molar-refractivity contribution in [2.45, 2.75) is 50.9 Å². The van der Waals surface area contributed by atoms with Gasteiger partial charge in [-0.1, -0.05) is 12.1 Å². The largest absolute Gasteiger partial charge is 0.395 e. The molecule has 4 rings (SSSR count). The van der Waals surface area contributed by atoms with Crippen LogP contribution in [-0.2, 0) is 22.7 Å². The lowest BCUT2D eigenvalue weighted by atomic mass is 10.0. The SMILES string of the molecule is O=C1CCC(N2Cc3cc(CN4CCCC(NCCO)C4)ccc3C2=O)C(=O)N1. The summed E-state index contributed by atoms with van der Waals surface area (Å²) in [5.41, 5.74) is 2.76. The van der Waals surface area contributed by atoms with Crippen molar-refractivity contribution < 1.29 is 19.5 Å². The van der Waals surface area contributed by atoms with E-state index in [4.69, 9.17) is 5.11 Å². The molecule has 29 heavy (non-hydrogen) atoms. The Morgan fingerprint density at radius 2 is 2.07 bits per heavy atom. The van der Waals surface area contributed by atoms with Crippen LogP contribution in [0.3, 0.4) is 0 Å². The van der Waals surface area contributed by atoms with Gasteiger partial charge >= 0.3 is 0 Å². The number of nitrogens with zero attached hydrogens (tertiary/aromatic N) is 2. The molecule has 0 bridgehead atoms. The molecule has 3 heterocycles. The molecule has 2 unspecified atom stereocenters. The highest BCUT2D eigenvalue weighted by molar-refractivity contribution is 6.05. The lowest BCUT2D eigenvalue weighted by Gasteiger charge is -2.33. The maximum absolute atomic E-state index is 12.8. The van der Waals surface area contributed by atoms with Gasteiger partial charge in [0.25, 0.3) is 5.91 Å². The summed E-state index contributed by atoms with van der Waals surface area (Å²) in [6.45, 7) is 3.98. The van der Waals surface area contributed by atoms with E-state index in [0.29, 0.717) is 31.1 Å². The van der Waals surface area contributed by atoms with Crippen molar-refractivity contribution in [3.05, 3.63) is 34.9 Å². The van der Waals surface area contributed by atoms with Gasteiger partial charge in [-0.05, 0) is 43.0 Å². The molecule has 0 radical (unpaired) electrons. The van der Waals surface area contributed by atoms with Crippen LogP contribution in [0.15, 0.2) is 18.2 Å². The summed E-state index contributed by atoms with van der Waals surface area (Å²) in [5.74, 6) is -0.782. The van der Waals surface area contributed by atoms with Crippen molar-refractivity contribution >= 4 is 17.7 Å². The fourth-order valence-corrected chi connectivity index (χ4v) is 4.62. The first-order valence-corrected chi connectivity index (χ1v) is 10.4. The summed E-state index contributed by atoms with van der Waals surface area (Å²) in [6.07, 6.45) is 2.89. The van der Waals surface area contributed by atoms with Crippen molar-refractivity contribution in [3.8, 4) is 0 Å². The number of likely N-dealkylation sites (tertiary alicyclic amines) is 1. The minimum absolute atomic E-state index is 0.132. The molecule has 3 amide bonds. The number of imide groups is 1. The van der Waals surface area contributed by atoms with Gasteiger partial charge in [0.05, 0.1) is 6.61 Å². The molecule has 3 aliphatic rings. The van der Waals surface area contributed by atoms with Crippen LogP contribution in [-0.4, -0.2) is 71.0 Å². The number of hydrogen-bond donors (Lipinski definition) is 3. The van der Waals surface area contributed by atoms with Gasteiger partial charge in [0.2, 0.25) is 11.8 Å². The van der Waals surface area contributed by atoms with E-state index in [1.54, 1.807) is 4.90 Å². The summed E-state index contributed by atoms with van der Waals surface area (Å²) < 4.78 is 0. The normalized spacial score (nSPS) is 25.3. The molecule has 156 valence electrons. The third kappa shape index (κ3) is 4.34. The van der Waals surface area contributed by atoms with E-state index < -0.39 is 6.04 Å². The number of aliphatic hydroxyl groups excluding tert-OH is 1. The summed E-state index contributed by atoms with van der Waals surface area (Å²) in [5, 5.41) is 14.7. The molecular weight excluding hydrogens is 372 g/mol. The zero-order valence-electron chi connectivity index (χ0n) is 16.5. The van der Waals surface area contributed by atoms with Crippen LogP contribution in [0.1, 0.15) is 47.2 Å². The topological polar surface area (TPSA) is 102 Å². The molecule has 0 aliphatic carbocycles. The Hall–Kier alpha value is -2.29. The van der Waals surface area contributed by atoms with E-state index in [0.717, 1.165) is 43.6 Å². The molecule has 0 spiro atoms. The van der Waals surface area contributed by atoms with Gasteiger partial charge in [-0.25, -0.2) is 0 Å². The molecule has 8 nitrogen and oxygen atoms in total. The number of carbonyl (C=O) groups is 3. The second kappa shape index (κ2) is 8.61. The number of hydrogen-bond acceptors (Lipinski definition) is 6. The molecule has 1 aromatic carbocycles. The maximum atomic E-state index is 12.8. The lowest BCUT2D eigenvalue weighted by Crippen LogP contribution is -2.52. The number of piperidine rings is 2. The predicted octanol–water partition coefficient (Wildman–Crippen LogP) is -0.00610. The second-order valence-electron chi connectivity index (χ2n) is 8.14. The Kier molecular flexibility index (Phi) is 5.94. The summed E-state index contributed by atoms with van der Waals surface area (Å²) in [4.78, 5) is 40.3. The zero-order chi connectivity index (χ0) is 20.4. The Bertz CT molecular complexity index is 812. The van der Waals surface area contributed by atoms with Crippen LogP contribution >= 0.6 is 0 Å². The number of benzene rings is 1. The minimum Gasteiger partial charge on any atom is -0.395 e. The molecule has 0 aromatic heterocycles. The minimum atomic E-state index is -0.573. The van der Waals surface area contributed by atoms with Gasteiger partial charge < -0.3 is 15.3 Å². The molecule has 2 saturated heterocycles. The smallest absolute Gasteiger partial charge is 0.255 e.